The van der Waals surface area contributed by atoms with Crippen molar-refractivity contribution in [2.75, 3.05) is 13.1 Å². The molecule has 1 amide bonds. The second kappa shape index (κ2) is 3.19. The largest absolute Gasteiger partial charge is 0.350 e. The van der Waals surface area contributed by atoms with Crippen LogP contribution in [0.25, 0.3) is 0 Å². The molecule has 1 saturated carbocycles. The molecule has 2 N–H and O–H groups in total. The molecule has 2 fully saturated rings. The van der Waals surface area contributed by atoms with Crippen LogP contribution in [0.5, 0.6) is 0 Å². The van der Waals surface area contributed by atoms with Gasteiger partial charge in [-0.25, -0.2) is 4.39 Å². The van der Waals surface area contributed by atoms with Gasteiger partial charge in [-0.05, 0) is 11.8 Å². The lowest BCUT2D eigenvalue weighted by Gasteiger charge is -2.29. The summed E-state index contributed by atoms with van der Waals surface area (Å²) in [7, 11) is 0. The zero-order valence-corrected chi connectivity index (χ0v) is 8.64. The predicted octanol–water partition coefficient (Wildman–Crippen LogP) is 0.459. The summed E-state index contributed by atoms with van der Waals surface area (Å²) in [6.07, 6.45) is -0.360. The standard InChI is InChI=1S/C10H17FN2O/c1-10(2)3-7(10)13-9(14)8(11)6-4-12-5-6/h6-8,12H,3-5H2,1-2H3,(H,13,14). The van der Waals surface area contributed by atoms with Gasteiger partial charge in [0.2, 0.25) is 0 Å². The number of halogens is 1. The van der Waals surface area contributed by atoms with Gasteiger partial charge < -0.3 is 10.6 Å². The SMILES string of the molecule is CC1(C)CC1NC(=O)C(F)C1CNC1. The van der Waals surface area contributed by atoms with Crippen molar-refractivity contribution in [1.82, 2.24) is 10.6 Å². The summed E-state index contributed by atoms with van der Waals surface area (Å²) in [6, 6.07) is 0.182. The van der Waals surface area contributed by atoms with Gasteiger partial charge in [-0.1, -0.05) is 13.8 Å². The van der Waals surface area contributed by atoms with Crippen LogP contribution >= 0.6 is 0 Å². The lowest BCUT2D eigenvalue weighted by atomic mass is 9.97. The van der Waals surface area contributed by atoms with Crippen molar-refractivity contribution in [3.8, 4) is 0 Å². The van der Waals surface area contributed by atoms with Gasteiger partial charge in [0.25, 0.3) is 5.91 Å². The van der Waals surface area contributed by atoms with E-state index in [1.165, 1.54) is 0 Å². The number of amides is 1. The lowest BCUT2D eigenvalue weighted by Crippen LogP contribution is -2.52. The van der Waals surface area contributed by atoms with E-state index < -0.39 is 12.1 Å². The number of hydrogen-bond donors (Lipinski definition) is 2. The van der Waals surface area contributed by atoms with Crippen LogP contribution < -0.4 is 10.6 Å². The zero-order chi connectivity index (χ0) is 10.3. The van der Waals surface area contributed by atoms with Gasteiger partial charge in [-0.3, -0.25) is 4.79 Å². The average Bonchev–Trinajstić information content (AvgIpc) is 2.54. The molecular weight excluding hydrogens is 183 g/mol. The number of rotatable bonds is 3. The highest BCUT2D eigenvalue weighted by molar-refractivity contribution is 5.81. The summed E-state index contributed by atoms with van der Waals surface area (Å²) >= 11 is 0. The van der Waals surface area contributed by atoms with Crippen molar-refractivity contribution in [3.63, 3.8) is 0 Å². The van der Waals surface area contributed by atoms with E-state index in [4.69, 9.17) is 0 Å². The Kier molecular flexibility index (Phi) is 2.26. The Labute approximate surface area is 83.4 Å². The third kappa shape index (κ3) is 1.75. The molecule has 4 heteroatoms. The van der Waals surface area contributed by atoms with E-state index >= 15 is 0 Å². The van der Waals surface area contributed by atoms with Crippen LogP contribution in [0.1, 0.15) is 20.3 Å². The maximum Gasteiger partial charge on any atom is 0.255 e. The Morgan fingerprint density at radius 1 is 1.57 bits per heavy atom. The number of alkyl halides is 1. The first-order valence-electron chi connectivity index (χ1n) is 5.16. The lowest BCUT2D eigenvalue weighted by molar-refractivity contribution is -0.128. The Morgan fingerprint density at radius 2 is 2.14 bits per heavy atom. The monoisotopic (exact) mass is 200 g/mol. The number of hydrogen-bond acceptors (Lipinski definition) is 2. The van der Waals surface area contributed by atoms with Crippen LogP contribution in [-0.4, -0.2) is 31.2 Å². The fraction of sp³-hybridized carbons (Fsp3) is 0.900. The van der Waals surface area contributed by atoms with E-state index in [2.05, 4.69) is 24.5 Å². The van der Waals surface area contributed by atoms with Crippen LogP contribution in [-0.2, 0) is 4.79 Å². The van der Waals surface area contributed by atoms with Crippen molar-refractivity contribution in [3.05, 3.63) is 0 Å². The molecule has 80 valence electrons. The molecule has 1 saturated heterocycles. The number of carbonyl (C=O) groups excluding carboxylic acids is 1. The van der Waals surface area contributed by atoms with Gasteiger partial charge in [0.05, 0.1) is 0 Å². The maximum absolute atomic E-state index is 13.4. The fourth-order valence-corrected chi connectivity index (χ4v) is 1.70. The van der Waals surface area contributed by atoms with Gasteiger partial charge in [0.15, 0.2) is 6.17 Å². The summed E-state index contributed by atoms with van der Waals surface area (Å²) in [5.41, 5.74) is 0.174. The van der Waals surface area contributed by atoms with Crippen molar-refractivity contribution in [2.45, 2.75) is 32.5 Å². The second-order valence-electron chi connectivity index (χ2n) is 5.07. The van der Waals surface area contributed by atoms with Crippen LogP contribution in [0, 0.1) is 11.3 Å². The van der Waals surface area contributed by atoms with Crippen molar-refractivity contribution in [2.24, 2.45) is 11.3 Å². The Morgan fingerprint density at radius 3 is 2.50 bits per heavy atom. The third-order valence-corrected chi connectivity index (χ3v) is 3.31. The van der Waals surface area contributed by atoms with Crippen molar-refractivity contribution in [1.29, 1.82) is 0 Å². The molecule has 2 unspecified atom stereocenters. The van der Waals surface area contributed by atoms with Crippen LogP contribution in [0.4, 0.5) is 4.39 Å². The minimum absolute atomic E-state index is 0.114. The van der Waals surface area contributed by atoms with E-state index in [1.54, 1.807) is 0 Å². The summed E-state index contributed by atoms with van der Waals surface area (Å²) in [5, 5.41) is 5.71. The van der Waals surface area contributed by atoms with Gasteiger partial charge in [-0.2, -0.15) is 0 Å². The molecule has 2 aliphatic rings. The molecule has 0 radical (unpaired) electrons. The van der Waals surface area contributed by atoms with E-state index in [0.717, 1.165) is 6.42 Å². The predicted molar refractivity (Wildman–Crippen MR) is 51.6 cm³/mol. The van der Waals surface area contributed by atoms with E-state index in [9.17, 15) is 9.18 Å². The van der Waals surface area contributed by atoms with Crippen LogP contribution in [0.2, 0.25) is 0 Å². The zero-order valence-electron chi connectivity index (χ0n) is 8.64. The molecule has 0 bridgehead atoms. The Balaban J connectivity index is 1.78. The van der Waals surface area contributed by atoms with E-state index in [1.807, 2.05) is 0 Å². The molecule has 1 aliphatic heterocycles. The quantitative estimate of drug-likeness (QED) is 0.695. The average molecular weight is 200 g/mol. The Bertz CT molecular complexity index is 251. The molecular formula is C10H17FN2O. The summed E-state index contributed by atoms with van der Waals surface area (Å²) < 4.78 is 13.4. The highest BCUT2D eigenvalue weighted by Gasteiger charge is 2.47. The molecule has 3 nitrogen and oxygen atoms in total. The van der Waals surface area contributed by atoms with Gasteiger partial charge in [0, 0.05) is 25.0 Å². The molecule has 0 aromatic carbocycles. The van der Waals surface area contributed by atoms with Crippen LogP contribution in [0.3, 0.4) is 0 Å². The van der Waals surface area contributed by atoms with Gasteiger partial charge in [-0.15, -0.1) is 0 Å². The summed E-state index contributed by atoms with van der Waals surface area (Å²) in [5.74, 6) is -0.538. The first-order valence-corrected chi connectivity index (χ1v) is 5.16. The van der Waals surface area contributed by atoms with Crippen LogP contribution in [0.15, 0.2) is 0 Å². The maximum atomic E-state index is 13.4. The molecule has 0 aromatic heterocycles. The summed E-state index contributed by atoms with van der Waals surface area (Å²) in [4.78, 5) is 11.4. The minimum atomic E-state index is -1.33. The van der Waals surface area contributed by atoms with Gasteiger partial charge >= 0.3 is 0 Å². The fourth-order valence-electron chi connectivity index (χ4n) is 1.70. The molecule has 14 heavy (non-hydrogen) atoms. The van der Waals surface area contributed by atoms with Gasteiger partial charge in [0.1, 0.15) is 0 Å². The first kappa shape index (κ1) is 9.90. The normalized spacial score (nSPS) is 31.8. The molecule has 1 aliphatic carbocycles. The first-order chi connectivity index (χ1) is 6.50. The highest BCUT2D eigenvalue weighted by atomic mass is 19.1. The minimum Gasteiger partial charge on any atom is -0.350 e. The molecule has 2 atom stereocenters. The molecule has 0 aromatic rings. The smallest absolute Gasteiger partial charge is 0.255 e. The van der Waals surface area contributed by atoms with E-state index in [-0.39, 0.29) is 17.4 Å². The van der Waals surface area contributed by atoms with E-state index in [0.29, 0.717) is 13.1 Å². The number of carbonyl (C=O) groups is 1. The third-order valence-electron chi connectivity index (χ3n) is 3.31. The topological polar surface area (TPSA) is 41.1 Å². The second-order valence-corrected chi connectivity index (χ2v) is 5.07. The highest BCUT2D eigenvalue weighted by Crippen LogP contribution is 2.44. The summed E-state index contributed by atoms with van der Waals surface area (Å²) in [6.45, 7) is 5.41. The molecule has 1 heterocycles. The molecule has 0 spiro atoms. The van der Waals surface area contributed by atoms with Crippen molar-refractivity contribution < 1.29 is 9.18 Å². The Hall–Kier alpha value is -0.640. The number of nitrogens with one attached hydrogen (secondary N) is 2. The van der Waals surface area contributed by atoms with Crippen molar-refractivity contribution >= 4 is 5.91 Å². The molecule has 2 rings (SSSR count).